The number of fused-ring (bicyclic) bond motifs is 1. The lowest BCUT2D eigenvalue weighted by Crippen LogP contribution is -2.02. The Labute approximate surface area is 140 Å². The van der Waals surface area contributed by atoms with Crippen molar-refractivity contribution >= 4 is 39.3 Å². The van der Waals surface area contributed by atoms with Gasteiger partial charge in [0, 0.05) is 22.2 Å². The maximum atomic E-state index is 10.9. The minimum atomic E-state index is -0.400. The van der Waals surface area contributed by atoms with Crippen LogP contribution in [-0.2, 0) is 13.0 Å². The highest BCUT2D eigenvalue weighted by molar-refractivity contribution is 14.1. The number of nitrogens with zero attached hydrogens (tertiary/aromatic N) is 4. The fourth-order valence-electron chi connectivity index (χ4n) is 2.32. The number of nitro benzene ring substituents is 1. The van der Waals surface area contributed by atoms with Gasteiger partial charge >= 0.3 is 0 Å². The molecule has 3 aromatic rings. The number of aromatic nitrogens is 3. The molecule has 2 aromatic carbocycles. The zero-order valence-corrected chi connectivity index (χ0v) is 13.8. The van der Waals surface area contributed by atoms with E-state index in [1.165, 1.54) is 21.3 Å². The van der Waals surface area contributed by atoms with Crippen LogP contribution in [-0.4, -0.2) is 19.9 Å². The van der Waals surface area contributed by atoms with Gasteiger partial charge in [-0.25, -0.2) is 4.68 Å². The minimum absolute atomic E-state index is 0.0636. The van der Waals surface area contributed by atoms with Gasteiger partial charge in [-0.1, -0.05) is 17.3 Å². The van der Waals surface area contributed by atoms with E-state index in [9.17, 15) is 10.1 Å². The van der Waals surface area contributed by atoms with E-state index in [1.54, 1.807) is 10.7 Å². The lowest BCUT2D eigenvalue weighted by atomic mass is 10.1. The smallest absolute Gasteiger partial charge is 0.258 e. The molecule has 1 aromatic heterocycles. The molecule has 0 fully saturated rings. The van der Waals surface area contributed by atoms with Crippen LogP contribution in [0, 0.1) is 13.7 Å². The molecule has 0 atom stereocenters. The maximum absolute atomic E-state index is 10.9. The maximum Gasteiger partial charge on any atom is 0.271 e. The molecule has 112 valence electrons. The molecule has 0 amide bonds. The van der Waals surface area contributed by atoms with Gasteiger partial charge in [-0.15, -0.1) is 5.10 Å². The van der Waals surface area contributed by atoms with Crippen LogP contribution in [0.2, 0.25) is 0 Å². The highest BCUT2D eigenvalue weighted by atomic mass is 127. The fourth-order valence-corrected chi connectivity index (χ4v) is 2.68. The molecule has 0 unspecified atom stereocenters. The van der Waals surface area contributed by atoms with Crippen LogP contribution in [0.25, 0.3) is 11.0 Å². The number of rotatable bonds is 5. The van der Waals surface area contributed by atoms with Crippen molar-refractivity contribution in [3.8, 4) is 0 Å². The lowest BCUT2D eigenvalue weighted by Gasteiger charge is -2.03. The average molecular weight is 408 g/mol. The first kappa shape index (κ1) is 14.9. The summed E-state index contributed by atoms with van der Waals surface area (Å²) < 4.78 is 2.95. The first-order valence-electron chi connectivity index (χ1n) is 6.85. The Morgan fingerprint density at radius 2 is 1.95 bits per heavy atom. The highest BCUT2D eigenvalue weighted by Gasteiger charge is 2.11. The minimum Gasteiger partial charge on any atom is -0.258 e. The predicted octanol–water partition coefficient (Wildman–Crippen LogP) is 3.58. The summed E-state index contributed by atoms with van der Waals surface area (Å²) in [5, 5.41) is 19.0. The summed E-state index contributed by atoms with van der Waals surface area (Å²) in [6.45, 7) is 0.684. The molecule has 7 heteroatoms. The molecule has 0 aliphatic heterocycles. The number of hydrogen-bond acceptors (Lipinski definition) is 4. The van der Waals surface area contributed by atoms with E-state index in [2.05, 4.69) is 57.2 Å². The molecule has 0 radical (unpaired) electrons. The van der Waals surface area contributed by atoms with E-state index < -0.39 is 4.92 Å². The van der Waals surface area contributed by atoms with Gasteiger partial charge in [-0.2, -0.15) is 0 Å². The van der Waals surface area contributed by atoms with Gasteiger partial charge in [-0.3, -0.25) is 10.1 Å². The molecule has 0 spiro atoms. The van der Waals surface area contributed by atoms with Gasteiger partial charge in [0.05, 0.1) is 10.4 Å². The number of halogens is 1. The van der Waals surface area contributed by atoms with Crippen LogP contribution in [0.15, 0.2) is 42.5 Å². The number of non-ortho nitro benzene ring substituents is 1. The monoisotopic (exact) mass is 408 g/mol. The van der Waals surface area contributed by atoms with Crippen LogP contribution >= 0.6 is 22.6 Å². The van der Waals surface area contributed by atoms with E-state index in [0.717, 1.165) is 12.8 Å². The number of aryl methyl sites for hydroxylation is 2. The van der Waals surface area contributed by atoms with Crippen molar-refractivity contribution in [2.75, 3.05) is 0 Å². The van der Waals surface area contributed by atoms with Gasteiger partial charge in [0.1, 0.15) is 5.52 Å². The summed E-state index contributed by atoms with van der Waals surface area (Å²) in [5.41, 5.74) is 2.72. The third-order valence-corrected chi connectivity index (χ3v) is 4.18. The molecule has 0 aliphatic rings. The number of benzene rings is 2. The summed E-state index contributed by atoms with van der Waals surface area (Å²) in [5.74, 6) is 0. The molecule has 0 N–H and O–H groups in total. The normalized spacial score (nSPS) is 11.0. The third kappa shape index (κ3) is 3.24. The van der Waals surface area contributed by atoms with Crippen molar-refractivity contribution in [3.63, 3.8) is 0 Å². The van der Waals surface area contributed by atoms with Crippen LogP contribution < -0.4 is 0 Å². The Morgan fingerprint density at radius 3 is 2.68 bits per heavy atom. The molecule has 22 heavy (non-hydrogen) atoms. The lowest BCUT2D eigenvalue weighted by molar-refractivity contribution is -0.384. The zero-order valence-electron chi connectivity index (χ0n) is 11.6. The van der Waals surface area contributed by atoms with Crippen LogP contribution in [0.1, 0.15) is 12.0 Å². The molecule has 0 aliphatic carbocycles. The van der Waals surface area contributed by atoms with Crippen molar-refractivity contribution in [2.24, 2.45) is 0 Å². The molecule has 6 nitrogen and oxygen atoms in total. The van der Waals surface area contributed by atoms with E-state index >= 15 is 0 Å². The third-order valence-electron chi connectivity index (χ3n) is 3.46. The predicted molar refractivity (Wildman–Crippen MR) is 91.7 cm³/mol. The van der Waals surface area contributed by atoms with Crippen LogP contribution in [0.3, 0.4) is 0 Å². The van der Waals surface area contributed by atoms with Crippen molar-refractivity contribution < 1.29 is 4.92 Å². The Bertz CT molecular complexity index is 814. The second-order valence-electron chi connectivity index (χ2n) is 4.97. The SMILES string of the molecule is O=[N+]([O-])c1ccc2nnn(CCCc3ccc(I)cc3)c2c1. The number of nitro groups is 1. The topological polar surface area (TPSA) is 73.8 Å². The van der Waals surface area contributed by atoms with Crippen molar-refractivity contribution in [3.05, 3.63) is 61.7 Å². The second-order valence-corrected chi connectivity index (χ2v) is 6.22. The molecular weight excluding hydrogens is 395 g/mol. The summed E-state index contributed by atoms with van der Waals surface area (Å²) in [6.07, 6.45) is 1.84. The first-order chi connectivity index (χ1) is 10.6. The summed E-state index contributed by atoms with van der Waals surface area (Å²) in [4.78, 5) is 10.5. The van der Waals surface area contributed by atoms with Crippen LogP contribution in [0.5, 0.6) is 0 Å². The Kier molecular flexibility index (Phi) is 4.32. The fraction of sp³-hybridized carbons (Fsp3) is 0.200. The van der Waals surface area contributed by atoms with Gasteiger partial charge in [-0.05, 0) is 59.2 Å². The summed E-state index contributed by atoms with van der Waals surface area (Å²) >= 11 is 2.28. The Morgan fingerprint density at radius 1 is 1.18 bits per heavy atom. The average Bonchev–Trinajstić information content (AvgIpc) is 2.92. The van der Waals surface area contributed by atoms with Gasteiger partial charge in [0.15, 0.2) is 0 Å². The molecule has 0 saturated heterocycles. The second kappa shape index (κ2) is 6.39. The Balaban J connectivity index is 1.72. The van der Waals surface area contributed by atoms with Gasteiger partial charge in [0.2, 0.25) is 0 Å². The van der Waals surface area contributed by atoms with Gasteiger partial charge in [0.25, 0.3) is 5.69 Å². The first-order valence-corrected chi connectivity index (χ1v) is 7.93. The number of hydrogen-bond donors (Lipinski definition) is 0. The highest BCUT2D eigenvalue weighted by Crippen LogP contribution is 2.19. The Hall–Kier alpha value is -2.03. The van der Waals surface area contributed by atoms with E-state index in [-0.39, 0.29) is 5.69 Å². The standard InChI is InChI=1S/C15H13IN4O2/c16-12-5-3-11(4-6-12)2-1-9-19-15-10-13(20(21)22)7-8-14(15)17-18-19/h3-8,10H,1-2,9H2. The molecule has 0 bridgehead atoms. The van der Waals surface area contributed by atoms with Crippen LogP contribution in [0.4, 0.5) is 5.69 Å². The van der Waals surface area contributed by atoms with Crippen molar-refractivity contribution in [1.29, 1.82) is 0 Å². The molecule has 3 rings (SSSR count). The quantitative estimate of drug-likeness (QED) is 0.368. The summed E-state index contributed by atoms with van der Waals surface area (Å²) in [6, 6.07) is 13.0. The molecular formula is C15H13IN4O2. The van der Waals surface area contributed by atoms with Crippen molar-refractivity contribution in [1.82, 2.24) is 15.0 Å². The molecule has 0 saturated carbocycles. The zero-order chi connectivity index (χ0) is 15.5. The molecule has 1 heterocycles. The van der Waals surface area contributed by atoms with E-state index in [0.29, 0.717) is 17.6 Å². The van der Waals surface area contributed by atoms with E-state index in [4.69, 9.17) is 0 Å². The van der Waals surface area contributed by atoms with E-state index in [1.807, 2.05) is 0 Å². The van der Waals surface area contributed by atoms with Gasteiger partial charge < -0.3 is 0 Å². The van der Waals surface area contributed by atoms with Crippen molar-refractivity contribution in [2.45, 2.75) is 19.4 Å². The largest absolute Gasteiger partial charge is 0.271 e. The summed E-state index contributed by atoms with van der Waals surface area (Å²) in [7, 11) is 0.